The zero-order valence-corrected chi connectivity index (χ0v) is 16.6. The van der Waals surface area contributed by atoms with Gasteiger partial charge in [0.15, 0.2) is 0 Å². The van der Waals surface area contributed by atoms with E-state index in [0.29, 0.717) is 18.7 Å². The Bertz CT molecular complexity index is 910. The Morgan fingerprint density at radius 2 is 1.89 bits per heavy atom. The van der Waals surface area contributed by atoms with Crippen molar-refractivity contribution in [1.82, 2.24) is 9.62 Å². The molecule has 0 bridgehead atoms. The van der Waals surface area contributed by atoms with E-state index in [1.54, 1.807) is 16.4 Å². The first-order valence-corrected chi connectivity index (χ1v) is 10.8. The fourth-order valence-electron chi connectivity index (χ4n) is 3.44. The molecule has 2 aromatic carbocycles. The summed E-state index contributed by atoms with van der Waals surface area (Å²) in [5.41, 5.74) is 2.15. The molecule has 0 spiro atoms. The monoisotopic (exact) mass is 386 g/mol. The van der Waals surface area contributed by atoms with E-state index in [4.69, 9.17) is 0 Å². The molecule has 144 valence electrons. The van der Waals surface area contributed by atoms with Gasteiger partial charge in [0.2, 0.25) is 10.0 Å². The Hall–Kier alpha value is -2.18. The molecule has 3 rings (SSSR count). The summed E-state index contributed by atoms with van der Waals surface area (Å²) in [5, 5.41) is 2.88. The Balaban J connectivity index is 1.82. The van der Waals surface area contributed by atoms with Crippen LogP contribution in [0.15, 0.2) is 53.4 Å². The van der Waals surface area contributed by atoms with E-state index in [0.717, 1.165) is 30.4 Å². The molecule has 1 unspecified atom stereocenters. The van der Waals surface area contributed by atoms with Gasteiger partial charge in [0.25, 0.3) is 5.91 Å². The highest BCUT2D eigenvalue weighted by molar-refractivity contribution is 7.89. The Labute approximate surface area is 161 Å². The van der Waals surface area contributed by atoms with Crippen LogP contribution in [0.25, 0.3) is 0 Å². The van der Waals surface area contributed by atoms with Crippen molar-refractivity contribution in [2.75, 3.05) is 6.54 Å². The summed E-state index contributed by atoms with van der Waals surface area (Å²) < 4.78 is 27.7. The first-order chi connectivity index (χ1) is 12.9. The van der Waals surface area contributed by atoms with E-state index in [9.17, 15) is 13.2 Å². The maximum atomic E-state index is 13.1. The van der Waals surface area contributed by atoms with E-state index in [1.807, 2.05) is 44.2 Å². The zero-order valence-electron chi connectivity index (χ0n) is 15.8. The molecule has 27 heavy (non-hydrogen) atoms. The van der Waals surface area contributed by atoms with Gasteiger partial charge in [-0.05, 0) is 49.9 Å². The Morgan fingerprint density at radius 3 is 2.59 bits per heavy atom. The topological polar surface area (TPSA) is 66.5 Å². The number of hydrogen-bond acceptors (Lipinski definition) is 3. The number of nitrogens with zero attached hydrogens (tertiary/aromatic N) is 1. The number of amides is 1. The van der Waals surface area contributed by atoms with Gasteiger partial charge >= 0.3 is 0 Å². The van der Waals surface area contributed by atoms with Crippen molar-refractivity contribution < 1.29 is 13.2 Å². The van der Waals surface area contributed by atoms with Crippen molar-refractivity contribution >= 4 is 15.9 Å². The predicted molar refractivity (Wildman–Crippen MR) is 106 cm³/mol. The Morgan fingerprint density at radius 1 is 1.15 bits per heavy atom. The number of aryl methyl sites for hydroxylation is 1. The molecule has 1 fully saturated rings. The van der Waals surface area contributed by atoms with Crippen LogP contribution in [-0.4, -0.2) is 31.2 Å². The molecule has 0 radical (unpaired) electrons. The van der Waals surface area contributed by atoms with Gasteiger partial charge < -0.3 is 5.32 Å². The number of nitrogens with one attached hydrogen (secondary N) is 1. The van der Waals surface area contributed by atoms with Gasteiger partial charge in [-0.2, -0.15) is 4.31 Å². The summed E-state index contributed by atoms with van der Waals surface area (Å²) in [6.45, 7) is 4.70. The SMILES string of the molecule is Cc1ccc(S(=O)(=O)N2CCCCC2C)cc1C(=O)NCc1ccccc1. The fourth-order valence-corrected chi connectivity index (χ4v) is 5.17. The Kier molecular flexibility index (Phi) is 5.97. The van der Waals surface area contributed by atoms with Gasteiger partial charge in [-0.15, -0.1) is 0 Å². The number of piperidine rings is 1. The number of carbonyl (C=O) groups excluding carboxylic acids is 1. The van der Waals surface area contributed by atoms with Crippen molar-refractivity contribution in [2.45, 2.75) is 50.6 Å². The lowest BCUT2D eigenvalue weighted by atomic mass is 10.1. The molecule has 5 nitrogen and oxygen atoms in total. The molecular formula is C21H26N2O3S. The minimum atomic E-state index is -3.60. The van der Waals surface area contributed by atoms with Gasteiger partial charge in [0.05, 0.1) is 4.90 Å². The van der Waals surface area contributed by atoms with Crippen LogP contribution in [0.2, 0.25) is 0 Å². The number of hydrogen-bond donors (Lipinski definition) is 1. The van der Waals surface area contributed by atoms with Crippen LogP contribution in [-0.2, 0) is 16.6 Å². The van der Waals surface area contributed by atoms with Crippen molar-refractivity contribution in [3.05, 3.63) is 65.2 Å². The smallest absolute Gasteiger partial charge is 0.251 e. The number of sulfonamides is 1. The number of carbonyl (C=O) groups is 1. The second-order valence-electron chi connectivity index (χ2n) is 7.11. The third kappa shape index (κ3) is 4.39. The largest absolute Gasteiger partial charge is 0.348 e. The van der Waals surface area contributed by atoms with E-state index in [2.05, 4.69) is 5.32 Å². The first-order valence-electron chi connectivity index (χ1n) is 9.34. The third-order valence-corrected chi connectivity index (χ3v) is 7.11. The zero-order chi connectivity index (χ0) is 19.4. The quantitative estimate of drug-likeness (QED) is 0.855. The standard InChI is InChI=1S/C21H26N2O3S/c1-16-11-12-19(27(25,26)23-13-7-6-8-17(23)2)14-20(16)21(24)22-15-18-9-4-3-5-10-18/h3-5,9-12,14,17H,6-8,13,15H2,1-2H3,(H,22,24). The fraction of sp³-hybridized carbons (Fsp3) is 0.381. The molecule has 1 heterocycles. The van der Waals surface area contributed by atoms with Crippen LogP contribution in [0.4, 0.5) is 0 Å². The summed E-state index contributed by atoms with van der Waals surface area (Å²) in [4.78, 5) is 12.8. The van der Waals surface area contributed by atoms with Gasteiger partial charge in [-0.25, -0.2) is 8.42 Å². The van der Waals surface area contributed by atoms with Crippen molar-refractivity contribution in [2.24, 2.45) is 0 Å². The van der Waals surface area contributed by atoms with Crippen LogP contribution in [0.5, 0.6) is 0 Å². The molecule has 1 N–H and O–H groups in total. The van der Waals surface area contributed by atoms with E-state index >= 15 is 0 Å². The van der Waals surface area contributed by atoms with Crippen molar-refractivity contribution in [1.29, 1.82) is 0 Å². The summed E-state index contributed by atoms with van der Waals surface area (Å²) in [6, 6.07) is 14.4. The van der Waals surface area contributed by atoms with Gasteiger partial charge in [0, 0.05) is 24.7 Å². The average molecular weight is 387 g/mol. The summed E-state index contributed by atoms with van der Waals surface area (Å²) in [5.74, 6) is -0.264. The summed E-state index contributed by atoms with van der Waals surface area (Å²) in [6.07, 6.45) is 2.80. The van der Waals surface area contributed by atoms with E-state index < -0.39 is 10.0 Å². The maximum absolute atomic E-state index is 13.1. The molecule has 0 aliphatic carbocycles. The minimum absolute atomic E-state index is 0.0135. The maximum Gasteiger partial charge on any atom is 0.251 e. The lowest BCUT2D eigenvalue weighted by Crippen LogP contribution is -2.42. The van der Waals surface area contributed by atoms with Gasteiger partial charge in [-0.3, -0.25) is 4.79 Å². The number of rotatable bonds is 5. The molecular weight excluding hydrogens is 360 g/mol. The number of benzene rings is 2. The summed E-state index contributed by atoms with van der Waals surface area (Å²) in [7, 11) is -3.60. The van der Waals surface area contributed by atoms with Gasteiger partial charge in [-0.1, -0.05) is 42.8 Å². The molecule has 0 aromatic heterocycles. The molecule has 1 atom stereocenters. The minimum Gasteiger partial charge on any atom is -0.348 e. The normalized spacial score (nSPS) is 18.2. The molecule has 1 aliphatic rings. The summed E-state index contributed by atoms with van der Waals surface area (Å²) >= 11 is 0. The second kappa shape index (κ2) is 8.23. The molecule has 1 amide bonds. The van der Waals surface area contributed by atoms with Crippen LogP contribution < -0.4 is 5.32 Å². The van der Waals surface area contributed by atoms with Crippen molar-refractivity contribution in [3.63, 3.8) is 0 Å². The lowest BCUT2D eigenvalue weighted by molar-refractivity contribution is 0.0950. The van der Waals surface area contributed by atoms with E-state index in [1.165, 1.54) is 6.07 Å². The predicted octanol–water partition coefficient (Wildman–Crippen LogP) is 3.49. The lowest BCUT2D eigenvalue weighted by Gasteiger charge is -2.32. The van der Waals surface area contributed by atoms with Crippen LogP contribution in [0.3, 0.4) is 0 Å². The van der Waals surface area contributed by atoms with Crippen LogP contribution >= 0.6 is 0 Å². The first kappa shape index (κ1) is 19.6. The second-order valence-corrected chi connectivity index (χ2v) is 9.00. The van der Waals surface area contributed by atoms with Gasteiger partial charge in [0.1, 0.15) is 0 Å². The molecule has 6 heteroatoms. The van der Waals surface area contributed by atoms with E-state index in [-0.39, 0.29) is 16.8 Å². The third-order valence-electron chi connectivity index (χ3n) is 5.10. The molecule has 1 saturated heterocycles. The van der Waals surface area contributed by atoms with Crippen LogP contribution in [0.1, 0.15) is 47.7 Å². The highest BCUT2D eigenvalue weighted by atomic mass is 32.2. The highest BCUT2D eigenvalue weighted by Gasteiger charge is 2.31. The molecule has 0 saturated carbocycles. The van der Waals surface area contributed by atoms with Crippen LogP contribution in [0, 0.1) is 6.92 Å². The highest BCUT2D eigenvalue weighted by Crippen LogP contribution is 2.26. The molecule has 2 aromatic rings. The van der Waals surface area contributed by atoms with Crippen molar-refractivity contribution in [3.8, 4) is 0 Å². The average Bonchev–Trinajstić information content (AvgIpc) is 2.67. The molecule has 1 aliphatic heterocycles.